The maximum absolute atomic E-state index is 7.84. The Hall–Kier alpha value is -12.3. The molecule has 0 saturated heterocycles. The molecule has 0 unspecified atom stereocenters. The van der Waals surface area contributed by atoms with Gasteiger partial charge in [-0.05, 0) is 197 Å². The summed E-state index contributed by atoms with van der Waals surface area (Å²) in [6, 6.07) is 129. The van der Waals surface area contributed by atoms with Gasteiger partial charge in [0.2, 0.25) is 0 Å². The van der Waals surface area contributed by atoms with Crippen LogP contribution in [0.1, 0.15) is 249 Å². The van der Waals surface area contributed by atoms with Gasteiger partial charge in [0, 0.05) is 60.4 Å². The zero-order chi connectivity index (χ0) is 84.1. The Labute approximate surface area is 740 Å². The Morgan fingerprint density at radius 2 is 0.624 bits per heavy atom. The highest BCUT2D eigenvalue weighted by molar-refractivity contribution is 6.21. The van der Waals surface area contributed by atoms with Gasteiger partial charge >= 0.3 is 0 Å². The summed E-state index contributed by atoms with van der Waals surface area (Å²) in [5.74, 6) is 0. The lowest BCUT2D eigenvalue weighted by molar-refractivity contribution is 0.369. The van der Waals surface area contributed by atoms with Crippen molar-refractivity contribution < 1.29 is 8.83 Å². The predicted octanol–water partition coefficient (Wildman–Crippen LogP) is 35.0. The monoisotopic (exact) mass is 1630 g/mol. The molecule has 21 rings (SSSR count). The van der Waals surface area contributed by atoms with Crippen molar-refractivity contribution in [2.75, 3.05) is 4.90 Å². The van der Waals surface area contributed by atoms with E-state index in [1.807, 2.05) is 0 Å². The van der Waals surface area contributed by atoms with Crippen LogP contribution in [0.25, 0.3) is 111 Å². The van der Waals surface area contributed by atoms with Crippen LogP contribution in [0.5, 0.6) is 0 Å². The molecule has 3 heteroatoms. The molecule has 15 aromatic carbocycles. The third-order valence-corrected chi connectivity index (χ3v) is 29.8. The van der Waals surface area contributed by atoms with Crippen molar-refractivity contribution in [1.82, 2.24) is 0 Å². The summed E-state index contributed by atoms with van der Waals surface area (Å²) in [5.41, 5.74) is 36.4. The fourth-order valence-corrected chi connectivity index (χ4v) is 24.3. The average molecular weight is 1630 g/mol. The molecular weight excluding hydrogens is 1510 g/mol. The van der Waals surface area contributed by atoms with E-state index in [0.717, 1.165) is 88.7 Å². The standard InChI is InChI=1S/C122H115NO2/c1-5-9-13-17-45-76-119(77-46-18-14-10-6-2)101-67-42-39-62-95(101)112-113-98-64-41-44-69-108(98)125-118(113)114-96-73-71-90(80-103(96)120(116(114)115(112)119,78-47-19-15-11-7-3)79-48-20-16-12-8-4)123(117-92(84-50-27-21-28-51-84)65-49-66-93(117)85-52-29-22-30-53-85)91-70-72-94-99-82-106-100(83-105(99)122(104(94)81-91,88-58-35-25-36-59-88)89-60-37-26-38-61-89)110-102(74-75-109-111(110)97-63-40-43-68-107(97)124-109)121(106,86-54-31-23-32-55-86)87-56-33-24-34-57-87/h21-44,49-75,80-83H,5-20,45-48,76-79H2,1-4H3. The summed E-state index contributed by atoms with van der Waals surface area (Å²) in [5, 5.41) is 4.82. The Kier molecular flexibility index (Phi) is 21.7. The van der Waals surface area contributed by atoms with E-state index in [4.69, 9.17) is 8.83 Å². The van der Waals surface area contributed by atoms with Crippen molar-refractivity contribution >= 4 is 60.9 Å². The molecule has 620 valence electrons. The maximum atomic E-state index is 7.84. The quantitative estimate of drug-likeness (QED) is 0.0384. The summed E-state index contributed by atoms with van der Waals surface area (Å²) >= 11 is 0. The number of hydrogen-bond acceptors (Lipinski definition) is 3. The van der Waals surface area contributed by atoms with Gasteiger partial charge in [0.15, 0.2) is 0 Å². The van der Waals surface area contributed by atoms with Gasteiger partial charge in [-0.25, -0.2) is 0 Å². The van der Waals surface area contributed by atoms with Crippen LogP contribution < -0.4 is 4.90 Å². The van der Waals surface area contributed by atoms with Gasteiger partial charge in [-0.1, -0.05) is 435 Å². The predicted molar refractivity (Wildman–Crippen MR) is 527 cm³/mol. The van der Waals surface area contributed by atoms with Gasteiger partial charge in [0.05, 0.1) is 16.5 Å². The zero-order valence-electron chi connectivity index (χ0n) is 73.5. The first kappa shape index (κ1) is 79.9. The van der Waals surface area contributed by atoms with E-state index in [-0.39, 0.29) is 5.41 Å². The van der Waals surface area contributed by atoms with Crippen LogP contribution in [-0.4, -0.2) is 0 Å². The van der Waals surface area contributed by atoms with Crippen LogP contribution in [0, 0.1) is 0 Å². The largest absolute Gasteiger partial charge is 0.456 e. The number of fused-ring (bicyclic) bond motifs is 22. The highest BCUT2D eigenvalue weighted by Gasteiger charge is 2.56. The Morgan fingerprint density at radius 1 is 0.240 bits per heavy atom. The van der Waals surface area contributed by atoms with Gasteiger partial charge in [-0.2, -0.15) is 0 Å². The Balaban J connectivity index is 0.876. The molecule has 0 saturated carbocycles. The summed E-state index contributed by atoms with van der Waals surface area (Å²) in [7, 11) is 0. The van der Waals surface area contributed by atoms with E-state index >= 15 is 0 Å². The third-order valence-electron chi connectivity index (χ3n) is 29.8. The van der Waals surface area contributed by atoms with Crippen molar-refractivity contribution in [3.8, 4) is 66.8 Å². The highest BCUT2D eigenvalue weighted by Crippen LogP contribution is 2.70. The van der Waals surface area contributed by atoms with Crippen LogP contribution in [0.15, 0.2) is 342 Å². The third kappa shape index (κ3) is 13.0. The molecule has 0 bridgehead atoms. The summed E-state index contributed by atoms with van der Waals surface area (Å²) in [6.45, 7) is 9.51. The smallest absolute Gasteiger partial charge is 0.144 e. The van der Waals surface area contributed by atoms with Crippen molar-refractivity contribution in [3.63, 3.8) is 0 Å². The van der Waals surface area contributed by atoms with Crippen molar-refractivity contribution in [2.45, 2.75) is 203 Å². The molecule has 2 aromatic heterocycles. The second-order valence-corrected chi connectivity index (χ2v) is 36.8. The van der Waals surface area contributed by atoms with Crippen LogP contribution in [-0.2, 0) is 21.7 Å². The maximum Gasteiger partial charge on any atom is 0.144 e. The van der Waals surface area contributed by atoms with Gasteiger partial charge < -0.3 is 13.7 Å². The molecule has 0 fully saturated rings. The van der Waals surface area contributed by atoms with E-state index in [9.17, 15) is 0 Å². The Bertz CT molecular complexity index is 6620. The minimum Gasteiger partial charge on any atom is -0.456 e. The highest BCUT2D eigenvalue weighted by atomic mass is 16.3. The van der Waals surface area contributed by atoms with Crippen LogP contribution >= 0.6 is 0 Å². The SMILES string of the molecule is CCCCCCCC1(CCCCCCC)c2cc(N(c3ccc4c(c3)C(c3ccccc3)(c3ccccc3)c3cc5c(cc3-4)C(c3ccccc3)(c3ccccc3)c3ccc4oc6ccccc6c4c3-5)c3c(-c4ccccc4)cccc3-c3ccccc3)ccc2-c2c1c1c(c3c2oc2ccccc23)-c2ccccc2C1(CCCCCCC)CCCCCCC. The van der Waals surface area contributed by atoms with E-state index in [0.29, 0.717) is 0 Å². The number of rotatable bonds is 33. The first-order chi connectivity index (χ1) is 61.9. The Morgan fingerprint density at radius 3 is 1.14 bits per heavy atom. The van der Waals surface area contributed by atoms with Crippen molar-refractivity contribution in [3.05, 3.63) is 400 Å². The first-order valence-electron chi connectivity index (χ1n) is 47.7. The normalized spacial score (nSPS) is 14.3. The molecule has 3 nitrogen and oxygen atoms in total. The number of anilines is 3. The molecule has 0 atom stereocenters. The minimum absolute atomic E-state index is 0.215. The lowest BCUT2D eigenvalue weighted by Crippen LogP contribution is -2.33. The van der Waals surface area contributed by atoms with Crippen LogP contribution in [0.4, 0.5) is 17.1 Å². The molecule has 4 aliphatic carbocycles. The molecular formula is C122H115NO2. The molecule has 17 aromatic rings. The van der Waals surface area contributed by atoms with Gasteiger partial charge in [-0.3, -0.25) is 0 Å². The molecule has 2 heterocycles. The topological polar surface area (TPSA) is 29.5 Å². The molecule has 0 aliphatic heterocycles. The molecule has 4 aliphatic rings. The lowest BCUT2D eigenvalue weighted by atomic mass is 9.62. The minimum atomic E-state index is -0.846. The lowest BCUT2D eigenvalue weighted by Gasteiger charge is -2.40. The van der Waals surface area contributed by atoms with E-state index in [1.54, 1.807) is 16.7 Å². The number of nitrogens with zero attached hydrogens (tertiary/aromatic N) is 1. The second kappa shape index (κ2) is 34.0. The van der Waals surface area contributed by atoms with Crippen LogP contribution in [0.2, 0.25) is 0 Å². The summed E-state index contributed by atoms with van der Waals surface area (Å²) in [6.07, 6.45) is 28.9. The average Bonchev–Trinajstić information content (AvgIpc) is 1.50. The van der Waals surface area contributed by atoms with Gasteiger partial charge in [-0.15, -0.1) is 0 Å². The fourth-order valence-electron chi connectivity index (χ4n) is 24.3. The molecule has 125 heavy (non-hydrogen) atoms. The van der Waals surface area contributed by atoms with E-state index in [2.05, 4.69) is 366 Å². The fraction of sp³-hybridized carbons (Fsp3) is 0.262. The van der Waals surface area contributed by atoms with E-state index in [1.165, 1.54) is 243 Å². The van der Waals surface area contributed by atoms with Gasteiger partial charge in [0.25, 0.3) is 0 Å². The molecule has 0 amide bonds. The first-order valence-corrected chi connectivity index (χ1v) is 47.7. The number of unbranched alkanes of at least 4 members (excludes halogenated alkanes) is 16. The number of benzene rings is 15. The number of hydrogen-bond donors (Lipinski definition) is 0. The molecule has 0 spiro atoms. The van der Waals surface area contributed by atoms with Crippen LogP contribution in [0.3, 0.4) is 0 Å². The number of para-hydroxylation sites is 3. The second-order valence-electron chi connectivity index (χ2n) is 36.8. The summed E-state index contributed by atoms with van der Waals surface area (Å²) < 4.78 is 14.8. The van der Waals surface area contributed by atoms with E-state index < -0.39 is 16.2 Å². The van der Waals surface area contributed by atoms with Crippen molar-refractivity contribution in [2.24, 2.45) is 0 Å². The summed E-state index contributed by atoms with van der Waals surface area (Å²) in [4.78, 5) is 2.76. The van der Waals surface area contributed by atoms with Gasteiger partial charge in [0.1, 0.15) is 22.3 Å². The molecule has 0 N–H and O–H groups in total. The molecule has 0 radical (unpaired) electrons. The van der Waals surface area contributed by atoms with Crippen molar-refractivity contribution in [1.29, 1.82) is 0 Å². The zero-order valence-corrected chi connectivity index (χ0v) is 73.5. The number of furan rings is 2.